The van der Waals surface area contributed by atoms with Gasteiger partial charge in [0.2, 0.25) is 0 Å². The van der Waals surface area contributed by atoms with Crippen molar-refractivity contribution in [1.29, 1.82) is 0 Å². The third kappa shape index (κ3) is 3.56. The minimum absolute atomic E-state index is 0.119. The van der Waals surface area contributed by atoms with Gasteiger partial charge in [0.25, 0.3) is 0 Å². The van der Waals surface area contributed by atoms with E-state index in [0.29, 0.717) is 0 Å². The fourth-order valence-electron chi connectivity index (χ4n) is 2.21. The fourth-order valence-corrected chi connectivity index (χ4v) is 2.21. The average Bonchev–Trinajstić information content (AvgIpc) is 2.82. The first-order chi connectivity index (χ1) is 8.25. The number of nitrogens with one attached hydrogen (secondary N) is 1. The topological polar surface area (TPSA) is 32.3 Å². The van der Waals surface area contributed by atoms with Crippen LogP contribution >= 0.6 is 0 Å². The van der Waals surface area contributed by atoms with Gasteiger partial charge < -0.3 is 10.2 Å². The van der Waals surface area contributed by atoms with Gasteiger partial charge in [0, 0.05) is 24.3 Å². The van der Waals surface area contributed by atoms with E-state index in [4.69, 9.17) is 0 Å². The summed E-state index contributed by atoms with van der Waals surface area (Å²) in [7, 11) is 0. The van der Waals surface area contributed by atoms with Crippen LogP contribution in [0.4, 0.5) is 5.69 Å². The van der Waals surface area contributed by atoms with E-state index in [1.54, 1.807) is 6.92 Å². The van der Waals surface area contributed by atoms with E-state index < -0.39 is 0 Å². The molecule has 1 aromatic carbocycles. The molecule has 3 nitrogen and oxygen atoms in total. The second-order valence-corrected chi connectivity index (χ2v) is 4.61. The summed E-state index contributed by atoms with van der Waals surface area (Å²) in [4.78, 5) is 13.7. The van der Waals surface area contributed by atoms with Crippen LogP contribution in [0.2, 0.25) is 0 Å². The number of likely N-dealkylation sites (tertiary alicyclic amines) is 1. The molecule has 0 unspecified atom stereocenters. The number of benzene rings is 1. The van der Waals surface area contributed by atoms with Gasteiger partial charge in [-0.2, -0.15) is 0 Å². The molecule has 0 radical (unpaired) electrons. The van der Waals surface area contributed by atoms with Gasteiger partial charge in [0.05, 0.1) is 0 Å². The van der Waals surface area contributed by atoms with Crippen LogP contribution in [0.1, 0.15) is 30.1 Å². The summed E-state index contributed by atoms with van der Waals surface area (Å²) >= 11 is 0. The predicted molar refractivity (Wildman–Crippen MR) is 70.6 cm³/mol. The molecule has 0 spiro atoms. The number of hydrogen-bond acceptors (Lipinski definition) is 3. The summed E-state index contributed by atoms with van der Waals surface area (Å²) in [5.74, 6) is 0.119. The Balaban J connectivity index is 1.81. The van der Waals surface area contributed by atoms with Gasteiger partial charge in [-0.05, 0) is 45.0 Å². The normalized spacial score (nSPS) is 16.1. The van der Waals surface area contributed by atoms with Crippen molar-refractivity contribution in [3.05, 3.63) is 29.8 Å². The summed E-state index contributed by atoms with van der Waals surface area (Å²) in [5.41, 5.74) is 1.81. The van der Waals surface area contributed by atoms with Crippen LogP contribution in [0.5, 0.6) is 0 Å². The predicted octanol–water partition coefficient (Wildman–Crippen LogP) is 2.40. The Morgan fingerprint density at radius 1 is 1.35 bits per heavy atom. The first-order valence-corrected chi connectivity index (χ1v) is 6.33. The second-order valence-electron chi connectivity index (χ2n) is 4.61. The zero-order valence-corrected chi connectivity index (χ0v) is 10.4. The van der Waals surface area contributed by atoms with Crippen LogP contribution in [0.15, 0.2) is 24.3 Å². The van der Waals surface area contributed by atoms with E-state index in [9.17, 15) is 4.79 Å². The molecule has 17 heavy (non-hydrogen) atoms. The van der Waals surface area contributed by atoms with Crippen molar-refractivity contribution in [2.45, 2.75) is 19.8 Å². The summed E-state index contributed by atoms with van der Waals surface area (Å²) in [6.07, 6.45) is 2.67. The van der Waals surface area contributed by atoms with Crippen molar-refractivity contribution in [1.82, 2.24) is 4.90 Å². The van der Waals surface area contributed by atoms with Gasteiger partial charge in [0.15, 0.2) is 5.78 Å². The molecular weight excluding hydrogens is 212 g/mol. The maximum Gasteiger partial charge on any atom is 0.159 e. The molecule has 3 heteroatoms. The lowest BCUT2D eigenvalue weighted by Crippen LogP contribution is -2.25. The molecule has 0 bridgehead atoms. The number of carbonyl (C=O) groups is 1. The maximum atomic E-state index is 11.2. The first-order valence-electron chi connectivity index (χ1n) is 6.33. The third-order valence-corrected chi connectivity index (χ3v) is 3.22. The standard InChI is InChI=1S/C14H20N2O/c1-12(17)13-5-4-6-14(11-13)15-7-10-16-8-2-3-9-16/h4-6,11,15H,2-3,7-10H2,1H3. The third-order valence-electron chi connectivity index (χ3n) is 3.22. The molecule has 0 aromatic heterocycles. The molecular formula is C14H20N2O. The maximum absolute atomic E-state index is 11.2. The van der Waals surface area contributed by atoms with Crippen LogP contribution in [-0.4, -0.2) is 36.9 Å². The van der Waals surface area contributed by atoms with Crippen LogP contribution in [0.3, 0.4) is 0 Å². The van der Waals surface area contributed by atoms with Gasteiger partial charge in [-0.15, -0.1) is 0 Å². The summed E-state index contributed by atoms with van der Waals surface area (Å²) in [5, 5.41) is 3.37. The molecule has 0 amide bonds. The van der Waals surface area contributed by atoms with Crippen LogP contribution in [-0.2, 0) is 0 Å². The van der Waals surface area contributed by atoms with E-state index in [2.05, 4.69) is 10.2 Å². The Labute approximate surface area is 103 Å². The molecule has 1 heterocycles. The number of anilines is 1. The van der Waals surface area contributed by atoms with Gasteiger partial charge in [-0.1, -0.05) is 12.1 Å². The quantitative estimate of drug-likeness (QED) is 0.791. The van der Waals surface area contributed by atoms with Crippen molar-refractivity contribution >= 4 is 11.5 Å². The summed E-state index contributed by atoms with van der Waals surface area (Å²) in [6, 6.07) is 7.71. The van der Waals surface area contributed by atoms with Crippen molar-refractivity contribution in [3.63, 3.8) is 0 Å². The van der Waals surface area contributed by atoms with Crippen molar-refractivity contribution in [2.24, 2.45) is 0 Å². The Hall–Kier alpha value is -1.35. The SMILES string of the molecule is CC(=O)c1cccc(NCCN2CCCC2)c1. The Morgan fingerprint density at radius 3 is 2.82 bits per heavy atom. The highest BCUT2D eigenvalue weighted by Crippen LogP contribution is 2.11. The Kier molecular flexibility index (Phi) is 4.15. The second kappa shape index (κ2) is 5.82. The highest BCUT2D eigenvalue weighted by molar-refractivity contribution is 5.94. The zero-order chi connectivity index (χ0) is 12.1. The van der Waals surface area contributed by atoms with E-state index >= 15 is 0 Å². The molecule has 1 saturated heterocycles. The summed E-state index contributed by atoms with van der Waals surface area (Å²) in [6.45, 7) is 6.10. The molecule has 1 aliphatic rings. The first kappa shape index (κ1) is 12.1. The molecule has 1 N–H and O–H groups in total. The Morgan fingerprint density at radius 2 is 2.12 bits per heavy atom. The van der Waals surface area contributed by atoms with Gasteiger partial charge in [0.1, 0.15) is 0 Å². The number of hydrogen-bond donors (Lipinski definition) is 1. The Bertz CT molecular complexity index is 384. The minimum Gasteiger partial charge on any atom is -0.384 e. The van der Waals surface area contributed by atoms with Crippen LogP contribution in [0, 0.1) is 0 Å². The van der Waals surface area contributed by atoms with Gasteiger partial charge in [-0.25, -0.2) is 0 Å². The zero-order valence-electron chi connectivity index (χ0n) is 10.4. The highest BCUT2D eigenvalue weighted by Gasteiger charge is 2.10. The smallest absolute Gasteiger partial charge is 0.159 e. The number of rotatable bonds is 5. The molecule has 1 fully saturated rings. The number of Topliss-reactive ketones (excluding diaryl/α,β-unsaturated/α-hetero) is 1. The molecule has 1 aliphatic heterocycles. The monoisotopic (exact) mass is 232 g/mol. The average molecular weight is 232 g/mol. The number of carbonyl (C=O) groups excluding carboxylic acids is 1. The van der Waals surface area contributed by atoms with Crippen molar-refractivity contribution < 1.29 is 4.79 Å². The molecule has 2 rings (SSSR count). The van der Waals surface area contributed by atoms with E-state index in [-0.39, 0.29) is 5.78 Å². The number of nitrogens with zero attached hydrogens (tertiary/aromatic N) is 1. The van der Waals surface area contributed by atoms with E-state index in [1.807, 2.05) is 24.3 Å². The molecule has 1 aromatic rings. The van der Waals surface area contributed by atoms with Gasteiger partial charge in [-0.3, -0.25) is 4.79 Å². The summed E-state index contributed by atoms with van der Waals surface area (Å²) < 4.78 is 0. The molecule has 92 valence electrons. The van der Waals surface area contributed by atoms with Crippen LogP contribution < -0.4 is 5.32 Å². The lowest BCUT2D eigenvalue weighted by atomic mass is 10.1. The van der Waals surface area contributed by atoms with Gasteiger partial charge >= 0.3 is 0 Å². The van der Waals surface area contributed by atoms with Crippen molar-refractivity contribution in [2.75, 3.05) is 31.5 Å². The van der Waals surface area contributed by atoms with E-state index in [0.717, 1.165) is 24.3 Å². The lowest BCUT2D eigenvalue weighted by Gasteiger charge is -2.15. The molecule has 0 atom stereocenters. The fraction of sp³-hybridized carbons (Fsp3) is 0.500. The lowest BCUT2D eigenvalue weighted by molar-refractivity contribution is 0.101. The number of ketones is 1. The molecule has 0 aliphatic carbocycles. The van der Waals surface area contributed by atoms with E-state index in [1.165, 1.54) is 25.9 Å². The minimum atomic E-state index is 0.119. The van der Waals surface area contributed by atoms with Crippen LogP contribution in [0.25, 0.3) is 0 Å². The molecule has 0 saturated carbocycles. The van der Waals surface area contributed by atoms with Crippen molar-refractivity contribution in [3.8, 4) is 0 Å². The largest absolute Gasteiger partial charge is 0.384 e. The highest BCUT2D eigenvalue weighted by atomic mass is 16.1.